The fourth-order valence-electron chi connectivity index (χ4n) is 2.00. The summed E-state index contributed by atoms with van der Waals surface area (Å²) in [6, 6.07) is 0. The quantitative estimate of drug-likeness (QED) is 0.796. The zero-order chi connectivity index (χ0) is 14.5. The van der Waals surface area contributed by atoms with Crippen LogP contribution in [0.2, 0.25) is 0 Å². The second-order valence-corrected chi connectivity index (χ2v) is 5.80. The number of ether oxygens (including phenoxy) is 1. The van der Waals surface area contributed by atoms with E-state index < -0.39 is 5.60 Å². The van der Waals surface area contributed by atoms with E-state index in [1.165, 1.54) is 0 Å². The summed E-state index contributed by atoms with van der Waals surface area (Å²) in [4.78, 5) is 25.4. The molecule has 1 aliphatic rings. The van der Waals surface area contributed by atoms with Gasteiger partial charge >= 0.3 is 6.09 Å². The van der Waals surface area contributed by atoms with E-state index in [-0.39, 0.29) is 17.9 Å². The minimum absolute atomic E-state index is 0.0202. The number of rotatable bonds is 3. The van der Waals surface area contributed by atoms with E-state index in [1.807, 2.05) is 20.8 Å². The van der Waals surface area contributed by atoms with Gasteiger partial charge in [0.2, 0.25) is 5.91 Å². The zero-order valence-corrected chi connectivity index (χ0v) is 12.1. The highest BCUT2D eigenvalue weighted by molar-refractivity contribution is 5.80. The molecule has 19 heavy (non-hydrogen) atoms. The third-order valence-corrected chi connectivity index (χ3v) is 2.86. The SMILES string of the molecule is C=CCNC(=O)C1CCCN(C(=O)OC(C)(C)C)C1. The zero-order valence-electron chi connectivity index (χ0n) is 12.1. The molecule has 0 saturated carbocycles. The van der Waals surface area contributed by atoms with E-state index in [0.29, 0.717) is 19.6 Å². The highest BCUT2D eigenvalue weighted by atomic mass is 16.6. The highest BCUT2D eigenvalue weighted by Crippen LogP contribution is 2.19. The number of nitrogens with zero attached hydrogens (tertiary/aromatic N) is 1. The number of nitrogens with one attached hydrogen (secondary N) is 1. The molecule has 0 aromatic carbocycles. The molecule has 5 nitrogen and oxygen atoms in total. The molecule has 1 atom stereocenters. The summed E-state index contributed by atoms with van der Waals surface area (Å²) in [6.07, 6.45) is 2.94. The Balaban J connectivity index is 2.52. The molecule has 0 aromatic rings. The molecule has 5 heteroatoms. The predicted octanol–water partition coefficient (Wildman–Crippen LogP) is 1.94. The Morgan fingerprint density at radius 3 is 2.74 bits per heavy atom. The molecule has 0 spiro atoms. The molecule has 108 valence electrons. The first-order valence-corrected chi connectivity index (χ1v) is 6.70. The van der Waals surface area contributed by atoms with Crippen LogP contribution in [0.15, 0.2) is 12.7 Å². The number of carbonyl (C=O) groups is 2. The lowest BCUT2D eigenvalue weighted by Crippen LogP contribution is -2.47. The lowest BCUT2D eigenvalue weighted by atomic mass is 9.97. The van der Waals surface area contributed by atoms with Crippen LogP contribution in [-0.4, -0.2) is 42.1 Å². The largest absolute Gasteiger partial charge is 0.444 e. The first-order valence-electron chi connectivity index (χ1n) is 6.70. The summed E-state index contributed by atoms with van der Waals surface area (Å²) in [7, 11) is 0. The number of hydrogen-bond acceptors (Lipinski definition) is 3. The fourth-order valence-corrected chi connectivity index (χ4v) is 2.00. The van der Waals surface area contributed by atoms with Crippen LogP contribution in [0.3, 0.4) is 0 Å². The highest BCUT2D eigenvalue weighted by Gasteiger charge is 2.30. The molecule has 1 aliphatic heterocycles. The normalized spacial score (nSPS) is 19.7. The van der Waals surface area contributed by atoms with Gasteiger partial charge in [0, 0.05) is 19.6 Å². The van der Waals surface area contributed by atoms with Crippen LogP contribution >= 0.6 is 0 Å². The summed E-state index contributed by atoms with van der Waals surface area (Å²) in [5.41, 5.74) is -0.505. The Morgan fingerprint density at radius 2 is 2.16 bits per heavy atom. The molecular weight excluding hydrogens is 244 g/mol. The van der Waals surface area contributed by atoms with Crippen molar-refractivity contribution in [3.8, 4) is 0 Å². The number of carbonyl (C=O) groups excluding carboxylic acids is 2. The van der Waals surface area contributed by atoms with Gasteiger partial charge in [0.15, 0.2) is 0 Å². The summed E-state index contributed by atoms with van der Waals surface area (Å²) >= 11 is 0. The van der Waals surface area contributed by atoms with Crippen molar-refractivity contribution in [3.63, 3.8) is 0 Å². The summed E-state index contributed by atoms with van der Waals surface area (Å²) in [6.45, 7) is 10.6. The molecule has 1 rings (SSSR count). The Kier molecular flexibility index (Phi) is 5.39. The van der Waals surface area contributed by atoms with Crippen molar-refractivity contribution in [2.24, 2.45) is 5.92 Å². The van der Waals surface area contributed by atoms with E-state index in [1.54, 1.807) is 11.0 Å². The van der Waals surface area contributed by atoms with Crippen molar-refractivity contribution in [3.05, 3.63) is 12.7 Å². The average Bonchev–Trinajstić information content (AvgIpc) is 2.34. The van der Waals surface area contributed by atoms with Crippen LogP contribution in [0.1, 0.15) is 33.6 Å². The van der Waals surface area contributed by atoms with Gasteiger partial charge in [0.25, 0.3) is 0 Å². The van der Waals surface area contributed by atoms with Crippen molar-refractivity contribution in [2.75, 3.05) is 19.6 Å². The summed E-state index contributed by atoms with van der Waals surface area (Å²) < 4.78 is 5.33. The third-order valence-electron chi connectivity index (χ3n) is 2.86. The van der Waals surface area contributed by atoms with Crippen LogP contribution in [-0.2, 0) is 9.53 Å². The Hall–Kier alpha value is -1.52. The van der Waals surface area contributed by atoms with Crippen molar-refractivity contribution in [1.29, 1.82) is 0 Å². The third kappa shape index (κ3) is 5.32. The van der Waals surface area contributed by atoms with Gasteiger partial charge in [-0.3, -0.25) is 4.79 Å². The molecule has 1 N–H and O–H groups in total. The molecule has 0 radical (unpaired) electrons. The molecular formula is C14H24N2O3. The lowest BCUT2D eigenvalue weighted by Gasteiger charge is -2.33. The maximum absolute atomic E-state index is 12.0. The van der Waals surface area contributed by atoms with E-state index in [2.05, 4.69) is 11.9 Å². The monoisotopic (exact) mass is 268 g/mol. The maximum atomic E-state index is 12.0. The maximum Gasteiger partial charge on any atom is 0.410 e. The van der Waals surface area contributed by atoms with Gasteiger partial charge in [-0.15, -0.1) is 6.58 Å². The lowest BCUT2D eigenvalue weighted by molar-refractivity contribution is -0.126. The topological polar surface area (TPSA) is 58.6 Å². The first-order chi connectivity index (χ1) is 8.83. The Morgan fingerprint density at radius 1 is 1.47 bits per heavy atom. The second-order valence-electron chi connectivity index (χ2n) is 5.80. The summed E-state index contributed by atoms with van der Waals surface area (Å²) in [5.74, 6) is -0.172. The Bertz CT molecular complexity index is 347. The molecule has 1 fully saturated rings. The molecule has 0 bridgehead atoms. The van der Waals surface area contributed by atoms with Gasteiger partial charge < -0.3 is 15.0 Å². The van der Waals surface area contributed by atoms with Crippen LogP contribution in [0.25, 0.3) is 0 Å². The van der Waals surface area contributed by atoms with Gasteiger partial charge in [0.1, 0.15) is 5.60 Å². The molecule has 0 aliphatic carbocycles. The molecule has 1 heterocycles. The van der Waals surface area contributed by atoms with Crippen molar-refractivity contribution >= 4 is 12.0 Å². The predicted molar refractivity (Wildman–Crippen MR) is 73.7 cm³/mol. The standard InChI is InChI=1S/C14H24N2O3/c1-5-8-15-12(17)11-7-6-9-16(10-11)13(18)19-14(2,3)4/h5,11H,1,6-10H2,2-4H3,(H,15,17). The van der Waals surface area contributed by atoms with Gasteiger partial charge in [-0.1, -0.05) is 6.08 Å². The smallest absolute Gasteiger partial charge is 0.410 e. The Labute approximate surface area is 115 Å². The second kappa shape index (κ2) is 6.59. The van der Waals surface area contributed by atoms with Crippen molar-refractivity contribution in [1.82, 2.24) is 10.2 Å². The van der Waals surface area contributed by atoms with Crippen molar-refractivity contribution in [2.45, 2.75) is 39.2 Å². The van der Waals surface area contributed by atoms with E-state index in [9.17, 15) is 9.59 Å². The number of amides is 2. The van der Waals surface area contributed by atoms with E-state index in [0.717, 1.165) is 12.8 Å². The fraction of sp³-hybridized carbons (Fsp3) is 0.714. The molecule has 0 aromatic heterocycles. The van der Waals surface area contributed by atoms with Gasteiger partial charge in [-0.05, 0) is 33.6 Å². The van der Waals surface area contributed by atoms with Gasteiger partial charge in [0.05, 0.1) is 5.92 Å². The minimum Gasteiger partial charge on any atom is -0.444 e. The molecule has 1 unspecified atom stereocenters. The van der Waals surface area contributed by atoms with Crippen LogP contribution < -0.4 is 5.32 Å². The van der Waals surface area contributed by atoms with E-state index in [4.69, 9.17) is 4.74 Å². The number of hydrogen-bond donors (Lipinski definition) is 1. The van der Waals surface area contributed by atoms with Gasteiger partial charge in [-0.25, -0.2) is 4.79 Å². The van der Waals surface area contributed by atoms with Crippen LogP contribution in [0.5, 0.6) is 0 Å². The van der Waals surface area contributed by atoms with Crippen LogP contribution in [0.4, 0.5) is 4.79 Å². The average molecular weight is 268 g/mol. The van der Waals surface area contributed by atoms with Crippen molar-refractivity contribution < 1.29 is 14.3 Å². The van der Waals surface area contributed by atoms with E-state index >= 15 is 0 Å². The molecule has 2 amide bonds. The summed E-state index contributed by atoms with van der Waals surface area (Å²) in [5, 5.41) is 2.77. The van der Waals surface area contributed by atoms with Gasteiger partial charge in [-0.2, -0.15) is 0 Å². The van der Waals surface area contributed by atoms with Crippen LogP contribution in [0, 0.1) is 5.92 Å². The number of piperidine rings is 1. The minimum atomic E-state index is -0.505. The molecule has 1 saturated heterocycles. The number of likely N-dealkylation sites (tertiary alicyclic amines) is 1. The first kappa shape index (κ1) is 15.5.